The van der Waals surface area contributed by atoms with Crippen molar-refractivity contribution in [2.45, 2.75) is 38.7 Å². The zero-order valence-electron chi connectivity index (χ0n) is 10.5. The van der Waals surface area contributed by atoms with Crippen molar-refractivity contribution in [1.82, 2.24) is 0 Å². The molecule has 0 N–H and O–H groups in total. The molecular formula is C15H18O2. The SMILES string of the molecule is C#CCCCOc1cccc2c1OC(C)(C)C2. The molecule has 1 heterocycles. The minimum atomic E-state index is -0.124. The fourth-order valence-corrected chi connectivity index (χ4v) is 2.06. The molecule has 0 spiro atoms. The van der Waals surface area contributed by atoms with Crippen molar-refractivity contribution in [2.75, 3.05) is 6.61 Å². The summed E-state index contributed by atoms with van der Waals surface area (Å²) in [5.74, 6) is 4.35. The van der Waals surface area contributed by atoms with Gasteiger partial charge in [0.25, 0.3) is 0 Å². The summed E-state index contributed by atoms with van der Waals surface area (Å²) in [5, 5.41) is 0. The van der Waals surface area contributed by atoms with Gasteiger partial charge in [-0.25, -0.2) is 0 Å². The lowest BCUT2D eigenvalue weighted by Crippen LogP contribution is -2.24. The molecule has 0 atom stereocenters. The average Bonchev–Trinajstić information content (AvgIpc) is 2.59. The zero-order valence-corrected chi connectivity index (χ0v) is 10.5. The van der Waals surface area contributed by atoms with Crippen LogP contribution < -0.4 is 9.47 Å². The lowest BCUT2D eigenvalue weighted by molar-refractivity contribution is 0.132. The van der Waals surface area contributed by atoms with Crippen molar-refractivity contribution in [3.8, 4) is 23.8 Å². The molecule has 0 amide bonds. The van der Waals surface area contributed by atoms with E-state index in [0.29, 0.717) is 6.61 Å². The van der Waals surface area contributed by atoms with Gasteiger partial charge >= 0.3 is 0 Å². The van der Waals surface area contributed by atoms with Crippen LogP contribution in [0.25, 0.3) is 0 Å². The van der Waals surface area contributed by atoms with Crippen LogP contribution in [0.1, 0.15) is 32.3 Å². The summed E-state index contributed by atoms with van der Waals surface area (Å²) in [4.78, 5) is 0. The molecule has 0 bridgehead atoms. The summed E-state index contributed by atoms with van der Waals surface area (Å²) in [6.45, 7) is 4.83. The van der Waals surface area contributed by atoms with Crippen molar-refractivity contribution in [3.63, 3.8) is 0 Å². The molecule has 0 fully saturated rings. The van der Waals surface area contributed by atoms with Gasteiger partial charge in [-0.2, -0.15) is 0 Å². The van der Waals surface area contributed by atoms with Crippen molar-refractivity contribution in [3.05, 3.63) is 23.8 Å². The monoisotopic (exact) mass is 230 g/mol. The van der Waals surface area contributed by atoms with E-state index in [0.717, 1.165) is 30.8 Å². The van der Waals surface area contributed by atoms with E-state index in [1.807, 2.05) is 12.1 Å². The van der Waals surface area contributed by atoms with Gasteiger partial charge in [0.2, 0.25) is 0 Å². The predicted octanol–water partition coefficient (Wildman–Crippen LogP) is 3.19. The quantitative estimate of drug-likeness (QED) is 0.584. The first-order valence-corrected chi connectivity index (χ1v) is 5.99. The third-order valence-corrected chi connectivity index (χ3v) is 2.78. The second kappa shape index (κ2) is 4.71. The van der Waals surface area contributed by atoms with Crippen LogP contribution in [-0.4, -0.2) is 12.2 Å². The minimum absolute atomic E-state index is 0.124. The number of terminal acetylenes is 1. The summed E-state index contributed by atoms with van der Waals surface area (Å²) in [7, 11) is 0. The number of benzene rings is 1. The summed E-state index contributed by atoms with van der Waals surface area (Å²) in [6.07, 6.45) is 7.77. The fraction of sp³-hybridized carbons (Fsp3) is 0.467. The van der Waals surface area contributed by atoms with Gasteiger partial charge in [0.05, 0.1) is 6.61 Å². The van der Waals surface area contributed by atoms with E-state index in [-0.39, 0.29) is 5.60 Å². The molecule has 0 unspecified atom stereocenters. The first-order chi connectivity index (χ1) is 8.12. The highest BCUT2D eigenvalue weighted by Crippen LogP contribution is 2.41. The number of rotatable bonds is 4. The Bertz CT molecular complexity index is 441. The molecule has 1 aliphatic rings. The van der Waals surface area contributed by atoms with Gasteiger partial charge in [-0.1, -0.05) is 12.1 Å². The molecule has 2 heteroatoms. The number of hydrogen-bond donors (Lipinski definition) is 0. The summed E-state index contributed by atoms with van der Waals surface area (Å²) < 4.78 is 11.6. The molecule has 90 valence electrons. The Morgan fingerprint density at radius 2 is 2.29 bits per heavy atom. The van der Waals surface area contributed by atoms with Crippen LogP contribution in [-0.2, 0) is 6.42 Å². The van der Waals surface area contributed by atoms with Crippen LogP contribution in [0.4, 0.5) is 0 Å². The van der Waals surface area contributed by atoms with Crippen molar-refractivity contribution in [2.24, 2.45) is 0 Å². The van der Waals surface area contributed by atoms with Gasteiger partial charge in [-0.15, -0.1) is 12.3 Å². The number of unbranched alkanes of at least 4 members (excludes halogenated alkanes) is 1. The Morgan fingerprint density at radius 1 is 1.47 bits per heavy atom. The maximum atomic E-state index is 5.92. The first kappa shape index (κ1) is 11.9. The minimum Gasteiger partial charge on any atom is -0.490 e. The molecule has 0 saturated carbocycles. The van der Waals surface area contributed by atoms with Crippen LogP contribution in [0.2, 0.25) is 0 Å². The van der Waals surface area contributed by atoms with Crippen LogP contribution >= 0.6 is 0 Å². The van der Waals surface area contributed by atoms with Crippen LogP contribution in [0, 0.1) is 12.3 Å². The highest BCUT2D eigenvalue weighted by atomic mass is 16.5. The third-order valence-electron chi connectivity index (χ3n) is 2.78. The van der Waals surface area contributed by atoms with Crippen LogP contribution in [0.15, 0.2) is 18.2 Å². The van der Waals surface area contributed by atoms with E-state index >= 15 is 0 Å². The summed E-state index contributed by atoms with van der Waals surface area (Å²) in [6, 6.07) is 6.06. The topological polar surface area (TPSA) is 18.5 Å². The van der Waals surface area contributed by atoms with E-state index in [2.05, 4.69) is 25.8 Å². The lowest BCUT2D eigenvalue weighted by atomic mass is 10.0. The first-order valence-electron chi connectivity index (χ1n) is 5.99. The number of ether oxygens (including phenoxy) is 2. The van der Waals surface area contributed by atoms with Gasteiger partial charge in [0.15, 0.2) is 11.5 Å². The molecule has 0 aliphatic carbocycles. The largest absolute Gasteiger partial charge is 0.490 e. The molecule has 1 aliphatic heterocycles. The van der Waals surface area contributed by atoms with Gasteiger partial charge < -0.3 is 9.47 Å². The van der Waals surface area contributed by atoms with E-state index in [9.17, 15) is 0 Å². The van der Waals surface area contributed by atoms with Gasteiger partial charge in [-0.05, 0) is 26.3 Å². The Morgan fingerprint density at radius 3 is 3.06 bits per heavy atom. The summed E-state index contributed by atoms with van der Waals surface area (Å²) in [5.41, 5.74) is 1.10. The molecule has 17 heavy (non-hydrogen) atoms. The highest BCUT2D eigenvalue weighted by Gasteiger charge is 2.32. The number of para-hydroxylation sites is 1. The Hall–Kier alpha value is -1.62. The molecule has 0 radical (unpaired) electrons. The highest BCUT2D eigenvalue weighted by molar-refractivity contribution is 5.50. The van der Waals surface area contributed by atoms with E-state index in [1.165, 1.54) is 5.56 Å². The lowest BCUT2D eigenvalue weighted by Gasteiger charge is -2.18. The molecular weight excluding hydrogens is 212 g/mol. The Kier molecular flexibility index (Phi) is 3.28. The third kappa shape index (κ3) is 2.74. The second-order valence-corrected chi connectivity index (χ2v) is 4.94. The Labute approximate surface area is 103 Å². The predicted molar refractivity (Wildman–Crippen MR) is 68.4 cm³/mol. The van der Waals surface area contributed by atoms with Gasteiger partial charge in [-0.3, -0.25) is 0 Å². The standard InChI is InChI=1S/C15H18O2/c1-4-5-6-10-16-13-9-7-8-12-11-15(2,3)17-14(12)13/h1,7-9H,5-6,10-11H2,2-3H3. The van der Waals surface area contributed by atoms with E-state index in [4.69, 9.17) is 15.9 Å². The Balaban J connectivity index is 2.06. The van der Waals surface area contributed by atoms with Crippen molar-refractivity contribution >= 4 is 0 Å². The molecule has 0 saturated heterocycles. The normalized spacial score (nSPS) is 15.8. The summed E-state index contributed by atoms with van der Waals surface area (Å²) >= 11 is 0. The fourth-order valence-electron chi connectivity index (χ4n) is 2.06. The average molecular weight is 230 g/mol. The number of fused-ring (bicyclic) bond motifs is 1. The van der Waals surface area contributed by atoms with Crippen LogP contribution in [0.3, 0.4) is 0 Å². The molecule has 2 nitrogen and oxygen atoms in total. The van der Waals surface area contributed by atoms with Crippen LogP contribution in [0.5, 0.6) is 11.5 Å². The maximum absolute atomic E-state index is 5.92. The van der Waals surface area contributed by atoms with Gasteiger partial charge in [0.1, 0.15) is 5.60 Å². The van der Waals surface area contributed by atoms with E-state index < -0.39 is 0 Å². The molecule has 1 aromatic rings. The second-order valence-electron chi connectivity index (χ2n) is 4.94. The molecule has 1 aromatic carbocycles. The van der Waals surface area contributed by atoms with E-state index in [1.54, 1.807) is 0 Å². The number of hydrogen-bond acceptors (Lipinski definition) is 2. The zero-order chi connectivity index (χ0) is 12.3. The maximum Gasteiger partial charge on any atom is 0.165 e. The van der Waals surface area contributed by atoms with Crippen molar-refractivity contribution in [1.29, 1.82) is 0 Å². The van der Waals surface area contributed by atoms with Crippen molar-refractivity contribution < 1.29 is 9.47 Å². The molecule has 0 aromatic heterocycles. The van der Waals surface area contributed by atoms with Gasteiger partial charge in [0, 0.05) is 18.4 Å². The smallest absolute Gasteiger partial charge is 0.165 e. The molecule has 2 rings (SSSR count).